The Labute approximate surface area is 167 Å². The smallest absolute Gasteiger partial charge is 0.395 e. The average molecular weight is 421 g/mol. The van der Waals surface area contributed by atoms with Crippen molar-refractivity contribution in [3.05, 3.63) is 103 Å². The van der Waals surface area contributed by atoms with Crippen LogP contribution in [0.15, 0.2) is 91.0 Å². The Morgan fingerprint density at radius 3 is 1.38 bits per heavy atom. The van der Waals surface area contributed by atoms with Crippen molar-refractivity contribution < 1.29 is 38.0 Å². The van der Waals surface area contributed by atoms with E-state index in [9.17, 15) is 9.46 Å². The Morgan fingerprint density at radius 2 is 1.08 bits per heavy atom. The molecule has 0 fully saturated rings. The van der Waals surface area contributed by atoms with Crippen LogP contribution in [0.2, 0.25) is 0 Å². The van der Waals surface area contributed by atoms with Crippen molar-refractivity contribution in [3.63, 3.8) is 0 Å². The van der Waals surface area contributed by atoms with Crippen molar-refractivity contribution in [2.75, 3.05) is 0 Å². The van der Waals surface area contributed by atoms with E-state index >= 15 is 0 Å². The number of phosphoric ester groups is 1. The minimum atomic E-state index is -4.14. The Morgan fingerprint density at radius 1 is 0.731 bits per heavy atom. The predicted molar refractivity (Wildman–Crippen MR) is 99.5 cm³/mol. The van der Waals surface area contributed by atoms with Crippen molar-refractivity contribution in [1.29, 1.82) is 0 Å². The fourth-order valence-electron chi connectivity index (χ4n) is 1.89. The van der Waals surface area contributed by atoms with Gasteiger partial charge in [-0.25, -0.2) is 4.57 Å². The monoisotopic (exact) mass is 419 g/mol. The van der Waals surface area contributed by atoms with Crippen LogP contribution in [-0.4, -0.2) is 4.89 Å². The van der Waals surface area contributed by atoms with Crippen molar-refractivity contribution in [3.8, 4) is 11.5 Å². The molecular formula is C20H20O4PZn-. The van der Waals surface area contributed by atoms with Crippen LogP contribution in [0.1, 0.15) is 12.5 Å². The molecule has 0 unspecified atom stereocenters. The summed E-state index contributed by atoms with van der Waals surface area (Å²) in [6, 6.07) is 27.0. The Bertz CT molecular complexity index is 737. The van der Waals surface area contributed by atoms with Crippen LogP contribution in [0.3, 0.4) is 0 Å². The molecule has 1 N–H and O–H groups in total. The summed E-state index contributed by atoms with van der Waals surface area (Å²) >= 11 is 0. The van der Waals surface area contributed by atoms with Crippen LogP contribution >= 0.6 is 7.82 Å². The first-order valence-corrected chi connectivity index (χ1v) is 9.25. The molecule has 0 saturated heterocycles. The summed E-state index contributed by atoms with van der Waals surface area (Å²) in [6.07, 6.45) is 2.08. The third-order valence-corrected chi connectivity index (χ3v) is 3.94. The second-order valence-corrected chi connectivity index (χ2v) is 6.28. The standard InChI is InChI=1S/C12H11O4P.C8H9.Zn/c13-17(14,15-11-7-3-1-4-8-11)16-12-9-5-2-6-10-12;1-2-8-6-4-3-5-7-8;/h1-10H,(H,13,14);2-7H,1H3;/q;-1;. The number of hydrogen-bond donors (Lipinski definition) is 1. The van der Waals surface area contributed by atoms with Gasteiger partial charge in [0, 0.05) is 19.5 Å². The van der Waals surface area contributed by atoms with Gasteiger partial charge in [-0.05, 0) is 24.3 Å². The molecule has 0 radical (unpaired) electrons. The van der Waals surface area contributed by atoms with Crippen LogP contribution in [-0.2, 0) is 24.0 Å². The number of para-hydroxylation sites is 2. The zero-order valence-corrected chi connectivity index (χ0v) is 18.4. The van der Waals surface area contributed by atoms with Crippen LogP contribution in [0, 0.1) is 6.42 Å². The summed E-state index contributed by atoms with van der Waals surface area (Å²) in [5.74, 6) is 0.573. The molecule has 6 heteroatoms. The molecule has 132 valence electrons. The van der Waals surface area contributed by atoms with Gasteiger partial charge >= 0.3 is 7.82 Å². The second-order valence-electron chi connectivity index (χ2n) is 4.98. The summed E-state index contributed by atoms with van der Waals surface area (Å²) in [5.41, 5.74) is 1.28. The van der Waals surface area contributed by atoms with Gasteiger partial charge in [0.15, 0.2) is 0 Å². The predicted octanol–water partition coefficient (Wildman–Crippen LogP) is 5.50. The van der Waals surface area contributed by atoms with Crippen LogP contribution in [0.25, 0.3) is 0 Å². The van der Waals surface area contributed by atoms with Crippen molar-refractivity contribution in [2.45, 2.75) is 6.92 Å². The zero-order valence-electron chi connectivity index (χ0n) is 14.6. The SMILES string of the molecule is C[CH-]c1ccccc1.O=P(O)(Oc1ccccc1)Oc1ccccc1.[Zn]. The van der Waals surface area contributed by atoms with Gasteiger partial charge in [0.05, 0.1) is 0 Å². The molecule has 4 nitrogen and oxygen atoms in total. The maximum atomic E-state index is 11.7. The third-order valence-electron chi connectivity index (χ3n) is 3.06. The van der Waals surface area contributed by atoms with Gasteiger partial charge in [-0.3, -0.25) is 4.89 Å². The molecule has 0 atom stereocenters. The fourth-order valence-corrected chi connectivity index (χ4v) is 2.71. The van der Waals surface area contributed by atoms with E-state index in [1.807, 2.05) is 25.1 Å². The van der Waals surface area contributed by atoms with Gasteiger partial charge in [0.2, 0.25) is 0 Å². The number of rotatable bonds is 5. The molecule has 0 aromatic heterocycles. The summed E-state index contributed by atoms with van der Waals surface area (Å²) in [5, 5.41) is 0. The number of hydrogen-bond acceptors (Lipinski definition) is 3. The van der Waals surface area contributed by atoms with E-state index in [1.165, 1.54) is 5.56 Å². The summed E-state index contributed by atoms with van der Waals surface area (Å²) in [4.78, 5) is 9.53. The maximum Gasteiger partial charge on any atom is 0.584 e. The Hall–Kier alpha value is -2.06. The average Bonchev–Trinajstić information content (AvgIpc) is 2.64. The van der Waals surface area contributed by atoms with Crippen LogP contribution < -0.4 is 9.05 Å². The van der Waals surface area contributed by atoms with E-state index in [-0.39, 0.29) is 31.0 Å². The summed E-state index contributed by atoms with van der Waals surface area (Å²) in [6.45, 7) is 2.04. The number of phosphoric acid groups is 1. The van der Waals surface area contributed by atoms with Gasteiger partial charge in [-0.1, -0.05) is 49.4 Å². The van der Waals surface area contributed by atoms with Crippen LogP contribution in [0.5, 0.6) is 11.5 Å². The molecule has 0 heterocycles. The van der Waals surface area contributed by atoms with E-state index < -0.39 is 7.82 Å². The van der Waals surface area contributed by atoms with Crippen molar-refractivity contribution in [2.24, 2.45) is 0 Å². The molecular weight excluding hydrogens is 401 g/mol. The van der Waals surface area contributed by atoms with E-state index in [2.05, 4.69) is 18.6 Å². The van der Waals surface area contributed by atoms with Gasteiger partial charge in [-0.15, -0.1) is 12.1 Å². The summed E-state index contributed by atoms with van der Waals surface area (Å²) in [7, 11) is -4.14. The molecule has 3 rings (SSSR count). The maximum absolute atomic E-state index is 11.7. The van der Waals surface area contributed by atoms with Gasteiger partial charge in [0.25, 0.3) is 0 Å². The quantitative estimate of drug-likeness (QED) is 0.336. The molecule has 0 amide bonds. The molecule has 0 saturated carbocycles. The first kappa shape index (κ1) is 22.0. The van der Waals surface area contributed by atoms with Gasteiger partial charge in [-0.2, -0.15) is 24.1 Å². The third kappa shape index (κ3) is 8.35. The van der Waals surface area contributed by atoms with Crippen molar-refractivity contribution in [1.82, 2.24) is 0 Å². The van der Waals surface area contributed by atoms with Crippen LogP contribution in [0.4, 0.5) is 0 Å². The normalized spacial score (nSPS) is 9.77. The first-order chi connectivity index (χ1) is 12.1. The molecule has 0 bridgehead atoms. The molecule has 26 heavy (non-hydrogen) atoms. The topological polar surface area (TPSA) is 55.8 Å². The minimum Gasteiger partial charge on any atom is -0.395 e. The van der Waals surface area contributed by atoms with Gasteiger partial charge < -0.3 is 9.05 Å². The number of benzene rings is 3. The molecule has 0 spiro atoms. The van der Waals surface area contributed by atoms with Crippen molar-refractivity contribution >= 4 is 7.82 Å². The molecule has 0 aliphatic rings. The molecule has 0 aliphatic heterocycles. The molecule has 3 aromatic carbocycles. The minimum absolute atomic E-state index is 0. The zero-order chi connectivity index (χ0) is 18.0. The largest absolute Gasteiger partial charge is 0.584 e. The van der Waals surface area contributed by atoms with Gasteiger partial charge in [0.1, 0.15) is 11.5 Å². The summed E-state index contributed by atoms with van der Waals surface area (Å²) < 4.78 is 21.5. The van der Waals surface area contributed by atoms with E-state index in [0.29, 0.717) is 0 Å². The molecule has 0 aliphatic carbocycles. The Balaban J connectivity index is 0.000000318. The Kier molecular flexibility index (Phi) is 9.76. The second kappa shape index (κ2) is 11.5. The van der Waals surface area contributed by atoms with E-state index in [1.54, 1.807) is 60.7 Å². The van der Waals surface area contributed by atoms with E-state index in [4.69, 9.17) is 9.05 Å². The molecule has 3 aromatic rings. The first-order valence-electron chi connectivity index (χ1n) is 7.75. The van der Waals surface area contributed by atoms with E-state index in [0.717, 1.165) is 0 Å². The fraction of sp³-hybridized carbons (Fsp3) is 0.0500.